The molecule has 5 nitrogen and oxygen atoms in total. The zero-order valence-corrected chi connectivity index (χ0v) is 10.9. The van der Waals surface area contributed by atoms with Gasteiger partial charge in [0, 0.05) is 18.4 Å². The molecule has 0 saturated carbocycles. The number of benzene rings is 1. The fraction of sp³-hybridized carbons (Fsp3) is 0.133. The number of hydrogen-bond donors (Lipinski definition) is 2. The van der Waals surface area contributed by atoms with Gasteiger partial charge in [-0.1, -0.05) is 12.1 Å². The van der Waals surface area contributed by atoms with Gasteiger partial charge in [-0.15, -0.1) is 0 Å². The highest BCUT2D eigenvalue weighted by Crippen LogP contribution is 2.17. The van der Waals surface area contributed by atoms with Gasteiger partial charge in [-0.25, -0.2) is 4.79 Å². The van der Waals surface area contributed by atoms with E-state index in [4.69, 9.17) is 10.4 Å². The molecule has 0 atom stereocenters. The standard InChI is InChI=1S/C15H13N3O2/c1-10-6-14(13(9-17-10)15(19)20)18-8-12-4-2-11(7-16)3-5-12/h2-6,9H,8H2,1H3,(H,17,18)(H,19,20). The van der Waals surface area contributed by atoms with Crippen molar-refractivity contribution in [2.24, 2.45) is 0 Å². The monoisotopic (exact) mass is 267 g/mol. The van der Waals surface area contributed by atoms with Crippen LogP contribution in [0.5, 0.6) is 0 Å². The number of rotatable bonds is 4. The Kier molecular flexibility index (Phi) is 3.96. The van der Waals surface area contributed by atoms with Crippen LogP contribution in [0.3, 0.4) is 0 Å². The summed E-state index contributed by atoms with van der Waals surface area (Å²) >= 11 is 0. The van der Waals surface area contributed by atoms with Gasteiger partial charge in [0.25, 0.3) is 0 Å². The third-order valence-corrected chi connectivity index (χ3v) is 2.84. The number of carboxylic acid groups (broad SMARTS) is 1. The lowest BCUT2D eigenvalue weighted by Crippen LogP contribution is -2.07. The summed E-state index contributed by atoms with van der Waals surface area (Å²) in [5, 5.41) is 20.9. The molecule has 100 valence electrons. The maximum atomic E-state index is 11.1. The average Bonchev–Trinajstić information content (AvgIpc) is 2.45. The molecular weight excluding hydrogens is 254 g/mol. The molecule has 1 heterocycles. The van der Waals surface area contributed by atoms with E-state index in [0.29, 0.717) is 17.8 Å². The number of nitrogens with zero attached hydrogens (tertiary/aromatic N) is 2. The van der Waals surface area contributed by atoms with Crippen molar-refractivity contribution in [1.29, 1.82) is 5.26 Å². The first-order chi connectivity index (χ1) is 9.60. The zero-order valence-electron chi connectivity index (χ0n) is 10.9. The lowest BCUT2D eigenvalue weighted by molar-refractivity contribution is 0.0697. The molecule has 2 N–H and O–H groups in total. The number of anilines is 1. The number of carbonyl (C=O) groups is 1. The highest BCUT2D eigenvalue weighted by molar-refractivity contribution is 5.93. The fourth-order valence-electron chi connectivity index (χ4n) is 1.77. The van der Waals surface area contributed by atoms with Crippen molar-refractivity contribution in [3.63, 3.8) is 0 Å². The number of nitriles is 1. The highest BCUT2D eigenvalue weighted by atomic mass is 16.4. The molecule has 0 radical (unpaired) electrons. The molecule has 0 spiro atoms. The molecule has 0 aliphatic carbocycles. The van der Waals surface area contributed by atoms with Gasteiger partial charge in [0.1, 0.15) is 5.56 Å². The van der Waals surface area contributed by atoms with E-state index in [1.165, 1.54) is 6.20 Å². The number of hydrogen-bond acceptors (Lipinski definition) is 4. The van der Waals surface area contributed by atoms with Crippen LogP contribution in [0.2, 0.25) is 0 Å². The van der Waals surface area contributed by atoms with E-state index in [9.17, 15) is 4.79 Å². The molecule has 2 rings (SSSR count). The first-order valence-corrected chi connectivity index (χ1v) is 6.03. The topological polar surface area (TPSA) is 86.0 Å². The van der Waals surface area contributed by atoms with E-state index < -0.39 is 5.97 Å². The maximum absolute atomic E-state index is 11.1. The van der Waals surface area contributed by atoms with Crippen LogP contribution in [0.1, 0.15) is 27.2 Å². The molecule has 0 unspecified atom stereocenters. The summed E-state index contributed by atoms with van der Waals surface area (Å²) in [5.74, 6) is -1.01. The van der Waals surface area contributed by atoms with Crippen molar-refractivity contribution in [2.75, 3.05) is 5.32 Å². The normalized spacial score (nSPS) is 9.80. The summed E-state index contributed by atoms with van der Waals surface area (Å²) in [4.78, 5) is 15.1. The van der Waals surface area contributed by atoms with Crippen LogP contribution >= 0.6 is 0 Å². The minimum absolute atomic E-state index is 0.143. The van der Waals surface area contributed by atoms with E-state index in [2.05, 4.69) is 16.4 Å². The van der Waals surface area contributed by atoms with E-state index in [0.717, 1.165) is 11.3 Å². The lowest BCUT2D eigenvalue weighted by atomic mass is 10.1. The predicted octanol–water partition coefficient (Wildman–Crippen LogP) is 2.57. The Morgan fingerprint density at radius 3 is 2.70 bits per heavy atom. The van der Waals surface area contributed by atoms with Crippen LogP contribution in [0.15, 0.2) is 36.5 Å². The first kappa shape index (κ1) is 13.6. The van der Waals surface area contributed by atoms with Crippen LogP contribution in [0, 0.1) is 18.3 Å². The van der Waals surface area contributed by atoms with Gasteiger partial charge in [-0.05, 0) is 30.7 Å². The number of aromatic nitrogens is 1. The van der Waals surface area contributed by atoms with Gasteiger partial charge in [-0.3, -0.25) is 4.98 Å². The second-order valence-corrected chi connectivity index (χ2v) is 4.34. The molecular formula is C15H13N3O2. The maximum Gasteiger partial charge on any atom is 0.339 e. The Morgan fingerprint density at radius 1 is 1.40 bits per heavy atom. The number of aromatic carboxylic acids is 1. The second-order valence-electron chi connectivity index (χ2n) is 4.34. The van der Waals surface area contributed by atoms with Gasteiger partial charge < -0.3 is 10.4 Å². The van der Waals surface area contributed by atoms with Gasteiger partial charge in [0.05, 0.1) is 17.3 Å². The van der Waals surface area contributed by atoms with Crippen molar-refractivity contribution < 1.29 is 9.90 Å². The van der Waals surface area contributed by atoms with Gasteiger partial charge in [0.2, 0.25) is 0 Å². The molecule has 1 aromatic carbocycles. The Balaban J connectivity index is 2.15. The molecule has 0 amide bonds. The summed E-state index contributed by atoms with van der Waals surface area (Å²) < 4.78 is 0. The third kappa shape index (κ3) is 3.12. The summed E-state index contributed by atoms with van der Waals surface area (Å²) in [5.41, 5.74) is 2.99. The minimum Gasteiger partial charge on any atom is -0.478 e. The molecule has 0 bridgehead atoms. The minimum atomic E-state index is -1.01. The highest BCUT2D eigenvalue weighted by Gasteiger charge is 2.10. The predicted molar refractivity (Wildman–Crippen MR) is 74.4 cm³/mol. The lowest BCUT2D eigenvalue weighted by Gasteiger charge is -2.10. The summed E-state index contributed by atoms with van der Waals surface area (Å²) in [6, 6.07) is 10.9. The SMILES string of the molecule is Cc1cc(NCc2ccc(C#N)cc2)c(C(=O)O)cn1. The van der Waals surface area contributed by atoms with Gasteiger partial charge in [-0.2, -0.15) is 5.26 Å². The van der Waals surface area contributed by atoms with Gasteiger partial charge in [0.15, 0.2) is 0 Å². The third-order valence-electron chi connectivity index (χ3n) is 2.84. The van der Waals surface area contributed by atoms with Crippen molar-refractivity contribution in [1.82, 2.24) is 4.98 Å². The van der Waals surface area contributed by atoms with Crippen LogP contribution in [-0.2, 0) is 6.54 Å². The number of pyridine rings is 1. The Morgan fingerprint density at radius 2 is 2.10 bits per heavy atom. The quantitative estimate of drug-likeness (QED) is 0.889. The molecule has 2 aromatic rings. The van der Waals surface area contributed by atoms with Crippen LogP contribution in [0.25, 0.3) is 0 Å². The van der Waals surface area contributed by atoms with E-state index >= 15 is 0 Å². The summed E-state index contributed by atoms with van der Waals surface area (Å²) in [6.45, 7) is 2.29. The zero-order chi connectivity index (χ0) is 14.5. The number of nitrogens with one attached hydrogen (secondary N) is 1. The largest absolute Gasteiger partial charge is 0.478 e. The Labute approximate surface area is 116 Å². The molecule has 0 aliphatic heterocycles. The molecule has 20 heavy (non-hydrogen) atoms. The van der Waals surface area contributed by atoms with Crippen molar-refractivity contribution in [3.8, 4) is 6.07 Å². The molecule has 0 fully saturated rings. The van der Waals surface area contributed by atoms with Crippen molar-refractivity contribution in [3.05, 3.63) is 58.9 Å². The average molecular weight is 267 g/mol. The summed E-state index contributed by atoms with van der Waals surface area (Å²) in [6.07, 6.45) is 1.35. The fourth-order valence-corrected chi connectivity index (χ4v) is 1.77. The molecule has 0 saturated heterocycles. The first-order valence-electron chi connectivity index (χ1n) is 6.03. The van der Waals surface area contributed by atoms with Crippen LogP contribution in [0.4, 0.5) is 5.69 Å². The molecule has 5 heteroatoms. The van der Waals surface area contributed by atoms with Crippen LogP contribution in [-0.4, -0.2) is 16.1 Å². The van der Waals surface area contributed by atoms with Crippen molar-refractivity contribution in [2.45, 2.75) is 13.5 Å². The van der Waals surface area contributed by atoms with E-state index in [-0.39, 0.29) is 5.56 Å². The van der Waals surface area contributed by atoms with E-state index in [1.54, 1.807) is 25.1 Å². The number of aryl methyl sites for hydroxylation is 1. The van der Waals surface area contributed by atoms with Gasteiger partial charge >= 0.3 is 5.97 Å². The molecule has 1 aromatic heterocycles. The Hall–Kier alpha value is -2.87. The number of carboxylic acids is 1. The second kappa shape index (κ2) is 5.85. The van der Waals surface area contributed by atoms with Crippen LogP contribution < -0.4 is 5.32 Å². The smallest absolute Gasteiger partial charge is 0.339 e. The van der Waals surface area contributed by atoms with Crippen molar-refractivity contribution >= 4 is 11.7 Å². The van der Waals surface area contributed by atoms with E-state index in [1.807, 2.05) is 12.1 Å². The Bertz CT molecular complexity index is 673. The molecule has 0 aliphatic rings. The summed E-state index contributed by atoms with van der Waals surface area (Å²) in [7, 11) is 0.